The highest BCUT2D eigenvalue weighted by Crippen LogP contribution is 2.20. The van der Waals surface area contributed by atoms with Gasteiger partial charge in [0, 0.05) is 11.1 Å². The second-order valence-corrected chi connectivity index (χ2v) is 3.09. The second kappa shape index (κ2) is 4.77. The number of likely N-dealkylation sites (N-methyl/N-ethyl adjacent to an activating group) is 1. The Morgan fingerprint density at radius 2 is 2.21 bits per heavy atom. The molecule has 14 heavy (non-hydrogen) atoms. The van der Waals surface area contributed by atoms with Crippen molar-refractivity contribution in [1.29, 1.82) is 0 Å². The van der Waals surface area contributed by atoms with Gasteiger partial charge >= 0.3 is 0 Å². The van der Waals surface area contributed by atoms with Crippen LogP contribution in [0.3, 0.4) is 0 Å². The van der Waals surface area contributed by atoms with E-state index in [4.69, 9.17) is 4.74 Å². The van der Waals surface area contributed by atoms with Crippen molar-refractivity contribution < 1.29 is 9.53 Å². The van der Waals surface area contributed by atoms with Crippen molar-refractivity contribution >= 4 is 5.78 Å². The number of methoxy groups -OCH3 is 1. The Labute approximate surface area is 84.1 Å². The van der Waals surface area contributed by atoms with E-state index in [1.165, 1.54) is 0 Å². The molecule has 1 aromatic carbocycles. The van der Waals surface area contributed by atoms with Crippen LogP contribution in [0.15, 0.2) is 18.2 Å². The molecule has 0 atom stereocenters. The number of hydrogen-bond donors (Lipinski definition) is 1. The molecular formula is C11H15NO2. The van der Waals surface area contributed by atoms with E-state index in [0.717, 1.165) is 16.9 Å². The van der Waals surface area contributed by atoms with Crippen molar-refractivity contribution in [2.75, 3.05) is 20.7 Å². The molecule has 1 aromatic rings. The van der Waals surface area contributed by atoms with E-state index in [0.29, 0.717) is 6.54 Å². The fourth-order valence-corrected chi connectivity index (χ4v) is 1.39. The van der Waals surface area contributed by atoms with Crippen LogP contribution in [0.5, 0.6) is 5.75 Å². The molecule has 0 aliphatic heterocycles. The number of rotatable bonds is 4. The molecule has 3 heteroatoms. The minimum Gasteiger partial charge on any atom is -0.496 e. The topological polar surface area (TPSA) is 38.3 Å². The molecule has 76 valence electrons. The van der Waals surface area contributed by atoms with Crippen molar-refractivity contribution in [3.8, 4) is 5.75 Å². The summed E-state index contributed by atoms with van der Waals surface area (Å²) in [6, 6.07) is 5.50. The first-order valence-corrected chi connectivity index (χ1v) is 4.52. The predicted octanol–water partition coefficient (Wildman–Crippen LogP) is 1.41. The van der Waals surface area contributed by atoms with Gasteiger partial charge in [-0.2, -0.15) is 0 Å². The summed E-state index contributed by atoms with van der Waals surface area (Å²) in [5.74, 6) is 0.843. The van der Waals surface area contributed by atoms with E-state index >= 15 is 0 Å². The largest absolute Gasteiger partial charge is 0.496 e. The first-order chi connectivity index (χ1) is 6.70. The van der Waals surface area contributed by atoms with Crippen molar-refractivity contribution in [2.45, 2.75) is 6.92 Å². The zero-order valence-corrected chi connectivity index (χ0v) is 8.76. The highest BCUT2D eigenvalue weighted by atomic mass is 16.5. The number of ether oxygens (including phenoxy) is 1. The number of Topliss-reactive ketones (excluding diaryl/α,β-unsaturated/α-hetero) is 1. The number of benzene rings is 1. The SMILES string of the molecule is CNCC(=O)c1cccc(OC)c1C. The molecule has 0 radical (unpaired) electrons. The summed E-state index contributed by atoms with van der Waals surface area (Å²) >= 11 is 0. The molecule has 0 saturated heterocycles. The molecule has 0 fully saturated rings. The summed E-state index contributed by atoms with van der Waals surface area (Å²) in [6.07, 6.45) is 0. The minimum atomic E-state index is 0.0869. The number of ketones is 1. The van der Waals surface area contributed by atoms with E-state index in [9.17, 15) is 4.79 Å². The third-order valence-corrected chi connectivity index (χ3v) is 2.14. The van der Waals surface area contributed by atoms with Crippen LogP contribution in [0.2, 0.25) is 0 Å². The highest BCUT2D eigenvalue weighted by molar-refractivity contribution is 5.99. The zero-order valence-electron chi connectivity index (χ0n) is 8.76. The first kappa shape index (κ1) is 10.7. The van der Waals surface area contributed by atoms with Crippen LogP contribution in [-0.2, 0) is 0 Å². The quantitative estimate of drug-likeness (QED) is 0.735. The Balaban J connectivity index is 3.03. The molecule has 0 aromatic heterocycles. The van der Waals surface area contributed by atoms with Crippen LogP contribution in [0.25, 0.3) is 0 Å². The summed E-state index contributed by atoms with van der Waals surface area (Å²) in [5.41, 5.74) is 1.62. The predicted molar refractivity (Wildman–Crippen MR) is 56.0 cm³/mol. The maximum Gasteiger partial charge on any atom is 0.176 e. The van der Waals surface area contributed by atoms with Crippen LogP contribution in [0.4, 0.5) is 0 Å². The molecule has 1 N–H and O–H groups in total. The van der Waals surface area contributed by atoms with Gasteiger partial charge in [0.1, 0.15) is 5.75 Å². The van der Waals surface area contributed by atoms with Crippen LogP contribution < -0.4 is 10.1 Å². The molecule has 0 aliphatic rings. The zero-order chi connectivity index (χ0) is 10.6. The standard InChI is InChI=1S/C11H15NO2/c1-8-9(10(13)7-12-2)5-4-6-11(8)14-3/h4-6,12H,7H2,1-3H3. The molecule has 0 heterocycles. The summed E-state index contributed by atoms with van der Waals surface area (Å²) in [6.45, 7) is 2.25. The van der Waals surface area contributed by atoms with Gasteiger partial charge in [0.25, 0.3) is 0 Å². The first-order valence-electron chi connectivity index (χ1n) is 4.52. The summed E-state index contributed by atoms with van der Waals surface area (Å²) in [7, 11) is 3.36. The Bertz CT molecular complexity index is 334. The van der Waals surface area contributed by atoms with E-state index in [2.05, 4.69) is 5.32 Å². The van der Waals surface area contributed by atoms with Crippen molar-refractivity contribution in [3.63, 3.8) is 0 Å². The van der Waals surface area contributed by atoms with Gasteiger partial charge in [0.15, 0.2) is 5.78 Å². The van der Waals surface area contributed by atoms with Crippen molar-refractivity contribution in [3.05, 3.63) is 29.3 Å². The molecule has 0 amide bonds. The Kier molecular flexibility index (Phi) is 3.65. The fourth-order valence-electron chi connectivity index (χ4n) is 1.39. The highest BCUT2D eigenvalue weighted by Gasteiger charge is 2.10. The van der Waals surface area contributed by atoms with Gasteiger partial charge < -0.3 is 10.1 Å². The van der Waals surface area contributed by atoms with E-state index < -0.39 is 0 Å². The lowest BCUT2D eigenvalue weighted by atomic mass is 10.0. The van der Waals surface area contributed by atoms with Crippen LogP contribution in [0.1, 0.15) is 15.9 Å². The van der Waals surface area contributed by atoms with Crippen LogP contribution in [0, 0.1) is 6.92 Å². The number of carbonyl (C=O) groups excluding carboxylic acids is 1. The lowest BCUT2D eigenvalue weighted by molar-refractivity contribution is 0.0992. The van der Waals surface area contributed by atoms with Gasteiger partial charge in [-0.25, -0.2) is 0 Å². The Hall–Kier alpha value is -1.35. The summed E-state index contributed by atoms with van der Waals surface area (Å²) in [5, 5.41) is 2.84. The average Bonchev–Trinajstić information content (AvgIpc) is 2.18. The molecule has 0 bridgehead atoms. The average molecular weight is 193 g/mol. The normalized spacial score (nSPS) is 9.93. The van der Waals surface area contributed by atoms with Crippen LogP contribution in [-0.4, -0.2) is 26.5 Å². The fraction of sp³-hybridized carbons (Fsp3) is 0.364. The van der Waals surface area contributed by atoms with Gasteiger partial charge in [-0.1, -0.05) is 12.1 Å². The Morgan fingerprint density at radius 1 is 1.50 bits per heavy atom. The Morgan fingerprint density at radius 3 is 2.79 bits per heavy atom. The van der Waals surface area contributed by atoms with E-state index in [1.807, 2.05) is 25.1 Å². The van der Waals surface area contributed by atoms with Crippen molar-refractivity contribution in [2.24, 2.45) is 0 Å². The molecule has 0 unspecified atom stereocenters. The summed E-state index contributed by atoms with van der Waals surface area (Å²) in [4.78, 5) is 11.6. The molecular weight excluding hydrogens is 178 g/mol. The number of hydrogen-bond acceptors (Lipinski definition) is 3. The molecule has 0 aliphatic carbocycles. The van der Waals surface area contributed by atoms with Gasteiger partial charge in [0.2, 0.25) is 0 Å². The maximum atomic E-state index is 11.6. The minimum absolute atomic E-state index is 0.0869. The van der Waals surface area contributed by atoms with Gasteiger partial charge in [-0.05, 0) is 20.0 Å². The summed E-state index contributed by atoms with van der Waals surface area (Å²) < 4.78 is 5.14. The van der Waals surface area contributed by atoms with E-state index in [-0.39, 0.29) is 5.78 Å². The third kappa shape index (κ3) is 2.12. The molecule has 1 rings (SSSR count). The third-order valence-electron chi connectivity index (χ3n) is 2.14. The second-order valence-electron chi connectivity index (χ2n) is 3.09. The van der Waals surface area contributed by atoms with E-state index in [1.54, 1.807) is 14.2 Å². The molecule has 3 nitrogen and oxygen atoms in total. The smallest absolute Gasteiger partial charge is 0.176 e. The molecule has 0 saturated carbocycles. The van der Waals surface area contributed by atoms with Gasteiger partial charge in [-0.3, -0.25) is 4.79 Å². The van der Waals surface area contributed by atoms with Crippen molar-refractivity contribution in [1.82, 2.24) is 5.32 Å². The number of nitrogens with one attached hydrogen (secondary N) is 1. The lowest BCUT2D eigenvalue weighted by Crippen LogP contribution is -2.19. The monoisotopic (exact) mass is 193 g/mol. The maximum absolute atomic E-state index is 11.6. The lowest BCUT2D eigenvalue weighted by Gasteiger charge is -2.08. The van der Waals surface area contributed by atoms with Gasteiger partial charge in [-0.15, -0.1) is 0 Å². The van der Waals surface area contributed by atoms with Crippen LogP contribution >= 0.6 is 0 Å². The van der Waals surface area contributed by atoms with Gasteiger partial charge in [0.05, 0.1) is 13.7 Å². The molecule has 0 spiro atoms. The number of carbonyl (C=O) groups is 1.